The third-order valence-corrected chi connectivity index (χ3v) is 5.26. The SMILES string of the molecule is CC(N)C(=O)NC(Cc1ccc(O)cc1)C(=O)NC(CC(N)=O)C(=O)N1CCCC1C(=O)O. The average Bonchev–Trinajstić information content (AvgIpc) is 3.23. The van der Waals surface area contributed by atoms with Gasteiger partial charge in [0.15, 0.2) is 0 Å². The maximum absolute atomic E-state index is 13.0. The van der Waals surface area contributed by atoms with Crippen molar-refractivity contribution in [3.05, 3.63) is 29.8 Å². The van der Waals surface area contributed by atoms with Crippen LogP contribution in [-0.2, 0) is 30.4 Å². The van der Waals surface area contributed by atoms with E-state index in [-0.39, 0.29) is 25.1 Å². The summed E-state index contributed by atoms with van der Waals surface area (Å²) in [7, 11) is 0. The minimum atomic E-state index is -1.40. The molecule has 0 saturated carbocycles. The quantitative estimate of drug-likeness (QED) is 0.233. The standard InChI is InChI=1S/C21H29N5O7/c1-11(22)18(29)24-14(9-12-4-6-13(27)7-5-12)19(30)25-15(10-17(23)28)20(31)26-8-2-3-16(26)21(32)33/h4-7,11,14-16,27H,2-3,8-10,22H2,1H3,(H2,23,28)(H,24,29)(H,25,30)(H,32,33). The number of carboxylic acids is 1. The number of benzene rings is 1. The summed E-state index contributed by atoms with van der Waals surface area (Å²) in [4.78, 5) is 62.3. The molecular weight excluding hydrogens is 434 g/mol. The van der Waals surface area contributed by atoms with Crippen molar-refractivity contribution in [2.75, 3.05) is 6.54 Å². The lowest BCUT2D eigenvalue weighted by molar-refractivity contribution is -0.149. The molecular formula is C21H29N5O7. The number of phenolic OH excluding ortho intramolecular Hbond substituents is 1. The highest BCUT2D eigenvalue weighted by Gasteiger charge is 2.38. The van der Waals surface area contributed by atoms with Crippen molar-refractivity contribution in [3.63, 3.8) is 0 Å². The average molecular weight is 463 g/mol. The molecule has 12 heteroatoms. The molecule has 4 unspecified atom stereocenters. The molecule has 1 fully saturated rings. The van der Waals surface area contributed by atoms with Gasteiger partial charge in [-0.1, -0.05) is 12.1 Å². The van der Waals surface area contributed by atoms with Gasteiger partial charge in [0.05, 0.1) is 12.5 Å². The third-order valence-electron chi connectivity index (χ3n) is 5.26. The van der Waals surface area contributed by atoms with Crippen LogP contribution in [0.15, 0.2) is 24.3 Å². The molecule has 1 aliphatic heterocycles. The Balaban J connectivity index is 2.24. The van der Waals surface area contributed by atoms with Gasteiger partial charge >= 0.3 is 5.97 Å². The van der Waals surface area contributed by atoms with E-state index in [0.29, 0.717) is 12.0 Å². The Morgan fingerprint density at radius 1 is 1.09 bits per heavy atom. The number of aromatic hydroxyl groups is 1. The lowest BCUT2D eigenvalue weighted by atomic mass is 10.0. The van der Waals surface area contributed by atoms with E-state index in [9.17, 15) is 34.2 Å². The van der Waals surface area contributed by atoms with E-state index in [1.54, 1.807) is 12.1 Å². The van der Waals surface area contributed by atoms with Gasteiger partial charge in [0.1, 0.15) is 23.9 Å². The van der Waals surface area contributed by atoms with E-state index < -0.39 is 60.2 Å². The summed E-state index contributed by atoms with van der Waals surface area (Å²) in [5.74, 6) is -4.16. The first-order valence-electron chi connectivity index (χ1n) is 10.5. The monoisotopic (exact) mass is 463 g/mol. The second-order valence-corrected chi connectivity index (χ2v) is 7.98. The molecule has 0 aromatic heterocycles. The number of likely N-dealkylation sites (tertiary alicyclic amines) is 1. The number of rotatable bonds is 10. The number of aliphatic carboxylic acids is 1. The highest BCUT2D eigenvalue weighted by Crippen LogP contribution is 2.19. The highest BCUT2D eigenvalue weighted by atomic mass is 16.4. The van der Waals surface area contributed by atoms with Crippen LogP contribution in [0.25, 0.3) is 0 Å². The van der Waals surface area contributed by atoms with Crippen molar-refractivity contribution in [2.45, 2.75) is 56.8 Å². The predicted molar refractivity (Wildman–Crippen MR) is 116 cm³/mol. The molecule has 1 aromatic carbocycles. The summed E-state index contributed by atoms with van der Waals surface area (Å²) >= 11 is 0. The lowest BCUT2D eigenvalue weighted by Gasteiger charge is -2.28. The van der Waals surface area contributed by atoms with Gasteiger partial charge in [0.2, 0.25) is 23.6 Å². The molecule has 180 valence electrons. The maximum Gasteiger partial charge on any atom is 0.326 e. The van der Waals surface area contributed by atoms with Gasteiger partial charge in [-0.05, 0) is 37.5 Å². The zero-order chi connectivity index (χ0) is 24.7. The molecule has 1 aliphatic rings. The zero-order valence-electron chi connectivity index (χ0n) is 18.2. The van der Waals surface area contributed by atoms with Gasteiger partial charge in [0.25, 0.3) is 0 Å². The van der Waals surface area contributed by atoms with Gasteiger partial charge < -0.3 is 37.2 Å². The number of nitrogens with one attached hydrogen (secondary N) is 2. The van der Waals surface area contributed by atoms with Crippen molar-refractivity contribution >= 4 is 29.6 Å². The Labute approximate surface area is 190 Å². The smallest absolute Gasteiger partial charge is 0.326 e. The second-order valence-electron chi connectivity index (χ2n) is 7.98. The van der Waals surface area contributed by atoms with Gasteiger partial charge in [-0.3, -0.25) is 19.2 Å². The molecule has 0 spiro atoms. The molecule has 1 saturated heterocycles. The molecule has 8 N–H and O–H groups in total. The number of nitrogens with zero attached hydrogens (tertiary/aromatic N) is 1. The number of hydrogen-bond donors (Lipinski definition) is 6. The molecule has 0 bridgehead atoms. The van der Waals surface area contributed by atoms with Crippen molar-refractivity contribution in [3.8, 4) is 5.75 Å². The normalized spacial score (nSPS) is 18.1. The van der Waals surface area contributed by atoms with Crippen LogP contribution < -0.4 is 22.1 Å². The first-order valence-corrected chi connectivity index (χ1v) is 10.5. The number of amides is 4. The third kappa shape index (κ3) is 7.17. The fourth-order valence-corrected chi connectivity index (χ4v) is 3.54. The van der Waals surface area contributed by atoms with Crippen molar-refractivity contribution in [1.82, 2.24) is 15.5 Å². The van der Waals surface area contributed by atoms with Gasteiger partial charge in [0, 0.05) is 13.0 Å². The fourth-order valence-electron chi connectivity index (χ4n) is 3.54. The van der Waals surface area contributed by atoms with Gasteiger partial charge in [-0.2, -0.15) is 0 Å². The second kappa shape index (κ2) is 11.3. The molecule has 2 rings (SSSR count). The van der Waals surface area contributed by atoms with E-state index in [1.165, 1.54) is 19.1 Å². The Morgan fingerprint density at radius 2 is 1.70 bits per heavy atom. The van der Waals surface area contributed by atoms with Gasteiger partial charge in [-0.25, -0.2) is 4.79 Å². The Bertz CT molecular complexity index is 903. The summed E-state index contributed by atoms with van der Waals surface area (Å²) in [6.07, 6.45) is 0.185. The van der Waals surface area contributed by atoms with Crippen LogP contribution in [0.2, 0.25) is 0 Å². The molecule has 33 heavy (non-hydrogen) atoms. The van der Waals surface area contributed by atoms with Crippen molar-refractivity contribution < 1.29 is 34.2 Å². The van der Waals surface area contributed by atoms with E-state index in [1.807, 2.05) is 0 Å². The predicted octanol–water partition coefficient (Wildman–Crippen LogP) is -1.80. The van der Waals surface area contributed by atoms with Crippen LogP contribution in [0.5, 0.6) is 5.75 Å². The summed E-state index contributed by atoms with van der Waals surface area (Å²) in [5.41, 5.74) is 11.4. The zero-order valence-corrected chi connectivity index (χ0v) is 18.2. The minimum absolute atomic E-state index is 0.00349. The molecule has 1 heterocycles. The van der Waals surface area contributed by atoms with E-state index in [2.05, 4.69) is 10.6 Å². The first kappa shape index (κ1) is 25.6. The Kier molecular flexibility index (Phi) is 8.74. The fraction of sp³-hybridized carbons (Fsp3) is 0.476. The topological polar surface area (TPSA) is 205 Å². The largest absolute Gasteiger partial charge is 0.508 e. The molecule has 4 amide bonds. The number of carbonyl (C=O) groups excluding carboxylic acids is 4. The molecule has 0 aliphatic carbocycles. The number of nitrogens with two attached hydrogens (primary N) is 2. The molecule has 4 atom stereocenters. The van der Waals surface area contributed by atoms with Crippen LogP contribution in [-0.4, -0.2) is 75.4 Å². The number of carbonyl (C=O) groups is 5. The number of hydrogen-bond acceptors (Lipinski definition) is 7. The summed E-state index contributed by atoms with van der Waals surface area (Å²) in [6, 6.07) is 1.41. The first-order chi connectivity index (χ1) is 15.5. The molecule has 1 aromatic rings. The molecule has 0 radical (unpaired) electrons. The highest BCUT2D eigenvalue weighted by molar-refractivity contribution is 5.96. The van der Waals surface area contributed by atoms with Gasteiger partial charge in [-0.15, -0.1) is 0 Å². The number of primary amides is 1. The Morgan fingerprint density at radius 3 is 2.24 bits per heavy atom. The van der Waals surface area contributed by atoms with Crippen LogP contribution in [0.3, 0.4) is 0 Å². The van der Waals surface area contributed by atoms with E-state index in [0.717, 1.165) is 4.90 Å². The summed E-state index contributed by atoms with van der Waals surface area (Å²) in [5, 5.41) is 23.7. The van der Waals surface area contributed by atoms with E-state index in [4.69, 9.17) is 11.5 Å². The van der Waals surface area contributed by atoms with Crippen LogP contribution in [0.4, 0.5) is 0 Å². The van der Waals surface area contributed by atoms with Crippen molar-refractivity contribution in [1.29, 1.82) is 0 Å². The van der Waals surface area contributed by atoms with Crippen LogP contribution in [0.1, 0.15) is 31.7 Å². The number of phenols is 1. The van der Waals surface area contributed by atoms with Crippen LogP contribution >= 0.6 is 0 Å². The van der Waals surface area contributed by atoms with E-state index >= 15 is 0 Å². The Hall–Kier alpha value is -3.67. The summed E-state index contributed by atoms with van der Waals surface area (Å²) < 4.78 is 0. The minimum Gasteiger partial charge on any atom is -0.508 e. The summed E-state index contributed by atoms with van der Waals surface area (Å²) in [6.45, 7) is 1.60. The molecule has 12 nitrogen and oxygen atoms in total. The maximum atomic E-state index is 13.0. The lowest BCUT2D eigenvalue weighted by Crippen LogP contribution is -2.58. The van der Waals surface area contributed by atoms with Crippen LogP contribution in [0, 0.1) is 0 Å². The van der Waals surface area contributed by atoms with Crippen molar-refractivity contribution in [2.24, 2.45) is 11.5 Å². The number of carboxylic acid groups (broad SMARTS) is 1.